The first kappa shape index (κ1) is 13.7. The summed E-state index contributed by atoms with van der Waals surface area (Å²) in [5.41, 5.74) is 3.17. The van der Waals surface area contributed by atoms with Crippen molar-refractivity contribution in [3.63, 3.8) is 0 Å². The summed E-state index contributed by atoms with van der Waals surface area (Å²) in [4.78, 5) is 4.58. The molecular formula is C16H16N2O2S. The molecule has 0 aliphatic carbocycles. The molecule has 0 radical (unpaired) electrons. The Hall–Kier alpha value is -2.27. The average molecular weight is 300 g/mol. The number of ether oxygens (including phenoxy) is 2. The third-order valence-electron chi connectivity index (χ3n) is 3.18. The molecule has 0 aliphatic rings. The molecule has 1 N–H and O–H groups in total. The van der Waals surface area contributed by atoms with Crippen molar-refractivity contribution in [2.75, 3.05) is 19.5 Å². The molecule has 21 heavy (non-hydrogen) atoms. The van der Waals surface area contributed by atoms with Gasteiger partial charge in [0.2, 0.25) is 0 Å². The molecule has 0 unspecified atom stereocenters. The minimum absolute atomic E-state index is 0.694. The molecule has 1 aromatic heterocycles. The van der Waals surface area contributed by atoms with Gasteiger partial charge in [0.25, 0.3) is 0 Å². The fourth-order valence-electron chi connectivity index (χ4n) is 2.12. The molecule has 108 valence electrons. The van der Waals surface area contributed by atoms with Crippen molar-refractivity contribution in [1.82, 2.24) is 4.98 Å². The number of thiazole rings is 1. The predicted molar refractivity (Wildman–Crippen MR) is 87.2 cm³/mol. The van der Waals surface area contributed by atoms with Crippen LogP contribution in [0.4, 0.5) is 10.8 Å². The van der Waals surface area contributed by atoms with E-state index in [0.717, 1.165) is 16.3 Å². The van der Waals surface area contributed by atoms with Gasteiger partial charge >= 0.3 is 0 Å². The molecule has 2 aromatic carbocycles. The van der Waals surface area contributed by atoms with E-state index in [-0.39, 0.29) is 0 Å². The van der Waals surface area contributed by atoms with Gasteiger partial charge in [0, 0.05) is 11.8 Å². The van der Waals surface area contributed by atoms with Crippen LogP contribution in [-0.4, -0.2) is 19.2 Å². The Kier molecular flexibility index (Phi) is 3.66. The number of hydrogen-bond donors (Lipinski definition) is 1. The first-order valence-electron chi connectivity index (χ1n) is 6.56. The number of aromatic nitrogens is 1. The van der Waals surface area contributed by atoms with Crippen molar-refractivity contribution in [1.29, 1.82) is 0 Å². The van der Waals surface area contributed by atoms with E-state index in [1.807, 2.05) is 24.3 Å². The zero-order valence-electron chi connectivity index (χ0n) is 12.1. The molecule has 5 heteroatoms. The molecule has 0 amide bonds. The lowest BCUT2D eigenvalue weighted by atomic mass is 10.2. The average Bonchev–Trinajstić information content (AvgIpc) is 2.88. The third-order valence-corrected chi connectivity index (χ3v) is 4.11. The highest BCUT2D eigenvalue weighted by Crippen LogP contribution is 2.33. The lowest BCUT2D eigenvalue weighted by Crippen LogP contribution is -1.93. The summed E-state index contributed by atoms with van der Waals surface area (Å²) < 4.78 is 11.7. The van der Waals surface area contributed by atoms with Gasteiger partial charge in [-0.25, -0.2) is 4.98 Å². The molecule has 0 bridgehead atoms. The summed E-state index contributed by atoms with van der Waals surface area (Å²) in [5, 5.41) is 4.17. The lowest BCUT2D eigenvalue weighted by molar-refractivity contribution is 0.355. The topological polar surface area (TPSA) is 43.4 Å². The van der Waals surface area contributed by atoms with Crippen LogP contribution in [0, 0.1) is 6.92 Å². The molecular weight excluding hydrogens is 284 g/mol. The van der Waals surface area contributed by atoms with Gasteiger partial charge in [0.1, 0.15) is 0 Å². The summed E-state index contributed by atoms with van der Waals surface area (Å²) in [6.07, 6.45) is 0. The summed E-state index contributed by atoms with van der Waals surface area (Å²) >= 11 is 1.64. The van der Waals surface area contributed by atoms with Crippen LogP contribution in [0.15, 0.2) is 36.4 Å². The number of methoxy groups -OCH3 is 2. The van der Waals surface area contributed by atoms with E-state index in [2.05, 4.69) is 29.4 Å². The second-order valence-corrected chi connectivity index (χ2v) is 5.72. The number of nitrogens with zero attached hydrogens (tertiary/aromatic N) is 1. The fraction of sp³-hybridized carbons (Fsp3) is 0.188. The Bertz CT molecular complexity index is 783. The van der Waals surface area contributed by atoms with Gasteiger partial charge in [-0.1, -0.05) is 17.4 Å². The highest BCUT2D eigenvalue weighted by Gasteiger charge is 2.07. The number of nitrogens with one attached hydrogen (secondary N) is 1. The van der Waals surface area contributed by atoms with E-state index in [1.54, 1.807) is 25.6 Å². The standard InChI is InChI=1S/C16H16N2O2S/c1-10-4-6-12-15(8-10)21-16(18-12)17-11-5-7-13(19-2)14(9-11)20-3/h4-9H,1-3H3,(H,17,18). The minimum atomic E-state index is 0.694. The lowest BCUT2D eigenvalue weighted by Gasteiger charge is -2.09. The Morgan fingerprint density at radius 1 is 1.00 bits per heavy atom. The first-order valence-corrected chi connectivity index (χ1v) is 7.37. The number of rotatable bonds is 4. The largest absolute Gasteiger partial charge is 0.493 e. The highest BCUT2D eigenvalue weighted by molar-refractivity contribution is 7.22. The molecule has 0 aliphatic heterocycles. The molecule has 3 aromatic rings. The second kappa shape index (κ2) is 5.61. The van der Waals surface area contributed by atoms with Crippen molar-refractivity contribution < 1.29 is 9.47 Å². The van der Waals surface area contributed by atoms with E-state index in [4.69, 9.17) is 9.47 Å². The smallest absolute Gasteiger partial charge is 0.188 e. The van der Waals surface area contributed by atoms with Crippen LogP contribution in [0.5, 0.6) is 11.5 Å². The van der Waals surface area contributed by atoms with Crippen LogP contribution >= 0.6 is 11.3 Å². The normalized spacial score (nSPS) is 10.6. The fourth-order valence-corrected chi connectivity index (χ4v) is 3.11. The molecule has 1 heterocycles. The number of hydrogen-bond acceptors (Lipinski definition) is 5. The Morgan fingerprint density at radius 2 is 1.81 bits per heavy atom. The molecule has 4 nitrogen and oxygen atoms in total. The molecule has 0 spiro atoms. The SMILES string of the molecule is COc1ccc(Nc2nc3ccc(C)cc3s2)cc1OC. The van der Waals surface area contributed by atoms with Gasteiger partial charge in [-0.15, -0.1) is 0 Å². The van der Waals surface area contributed by atoms with E-state index in [0.29, 0.717) is 11.5 Å². The van der Waals surface area contributed by atoms with Crippen LogP contribution in [0.1, 0.15) is 5.56 Å². The maximum atomic E-state index is 5.31. The van der Waals surface area contributed by atoms with Crippen molar-refractivity contribution in [3.8, 4) is 11.5 Å². The van der Waals surface area contributed by atoms with Gasteiger partial charge in [-0.05, 0) is 36.8 Å². The van der Waals surface area contributed by atoms with Gasteiger partial charge < -0.3 is 14.8 Å². The van der Waals surface area contributed by atoms with E-state index in [9.17, 15) is 0 Å². The second-order valence-electron chi connectivity index (χ2n) is 4.68. The maximum Gasteiger partial charge on any atom is 0.188 e. The Morgan fingerprint density at radius 3 is 2.57 bits per heavy atom. The van der Waals surface area contributed by atoms with Crippen LogP contribution < -0.4 is 14.8 Å². The summed E-state index contributed by atoms with van der Waals surface area (Å²) in [5.74, 6) is 1.41. The molecule has 0 saturated carbocycles. The summed E-state index contributed by atoms with van der Waals surface area (Å²) in [7, 11) is 3.25. The van der Waals surface area contributed by atoms with Crippen LogP contribution in [0.2, 0.25) is 0 Å². The molecule has 0 fully saturated rings. The van der Waals surface area contributed by atoms with Crippen LogP contribution in [0.25, 0.3) is 10.2 Å². The number of fused-ring (bicyclic) bond motifs is 1. The summed E-state index contributed by atoms with van der Waals surface area (Å²) in [6.45, 7) is 2.08. The highest BCUT2D eigenvalue weighted by atomic mass is 32.1. The quantitative estimate of drug-likeness (QED) is 0.777. The van der Waals surface area contributed by atoms with E-state index >= 15 is 0 Å². The van der Waals surface area contributed by atoms with Gasteiger partial charge in [0.05, 0.1) is 24.4 Å². The molecule has 0 atom stereocenters. The molecule has 0 saturated heterocycles. The monoisotopic (exact) mass is 300 g/mol. The summed E-state index contributed by atoms with van der Waals surface area (Å²) in [6, 6.07) is 12.0. The van der Waals surface area contributed by atoms with Crippen molar-refractivity contribution in [2.45, 2.75) is 6.92 Å². The minimum Gasteiger partial charge on any atom is -0.493 e. The Balaban J connectivity index is 1.91. The molecule has 3 rings (SSSR count). The number of anilines is 2. The van der Waals surface area contributed by atoms with E-state index < -0.39 is 0 Å². The van der Waals surface area contributed by atoms with Crippen molar-refractivity contribution in [2.24, 2.45) is 0 Å². The first-order chi connectivity index (χ1) is 10.2. The van der Waals surface area contributed by atoms with Crippen LogP contribution in [0.3, 0.4) is 0 Å². The Labute approximate surface area is 127 Å². The van der Waals surface area contributed by atoms with Gasteiger partial charge in [-0.3, -0.25) is 0 Å². The number of benzene rings is 2. The van der Waals surface area contributed by atoms with Crippen molar-refractivity contribution in [3.05, 3.63) is 42.0 Å². The van der Waals surface area contributed by atoms with Crippen molar-refractivity contribution >= 4 is 32.4 Å². The van der Waals surface area contributed by atoms with Gasteiger partial charge in [0.15, 0.2) is 16.6 Å². The predicted octanol–water partition coefficient (Wildman–Crippen LogP) is 4.37. The zero-order valence-corrected chi connectivity index (χ0v) is 13.0. The zero-order chi connectivity index (χ0) is 14.8. The van der Waals surface area contributed by atoms with Gasteiger partial charge in [-0.2, -0.15) is 0 Å². The third kappa shape index (κ3) is 2.78. The number of aryl methyl sites for hydroxylation is 1. The van der Waals surface area contributed by atoms with E-state index in [1.165, 1.54) is 10.3 Å². The van der Waals surface area contributed by atoms with Crippen LogP contribution in [-0.2, 0) is 0 Å². The maximum absolute atomic E-state index is 5.31.